The standard InChI is InChI=1S/C16H20N6O/c1-12-4-3-5-15-20-13(10-22(12)15)6-7-19-16(23)21(2)11-14-17-8-9-18-14/h3-5,8-10H,6-7,11H2,1-2H3,(H,17,18)(H,19,23). The molecule has 3 aromatic rings. The van der Waals surface area contributed by atoms with Gasteiger partial charge in [-0.1, -0.05) is 6.07 Å². The van der Waals surface area contributed by atoms with E-state index in [2.05, 4.69) is 24.7 Å². The van der Waals surface area contributed by atoms with E-state index < -0.39 is 0 Å². The Balaban J connectivity index is 1.51. The van der Waals surface area contributed by atoms with Gasteiger partial charge >= 0.3 is 6.03 Å². The van der Waals surface area contributed by atoms with Crippen molar-refractivity contribution in [2.45, 2.75) is 19.9 Å². The number of imidazole rings is 2. The van der Waals surface area contributed by atoms with Gasteiger partial charge in [0.15, 0.2) is 0 Å². The molecule has 3 aromatic heterocycles. The maximum absolute atomic E-state index is 12.0. The molecule has 7 nitrogen and oxygen atoms in total. The number of aromatic amines is 1. The van der Waals surface area contributed by atoms with Crippen molar-refractivity contribution >= 4 is 11.7 Å². The van der Waals surface area contributed by atoms with Gasteiger partial charge in [-0.25, -0.2) is 14.8 Å². The Hall–Kier alpha value is -2.83. The third-order valence-electron chi connectivity index (χ3n) is 3.69. The van der Waals surface area contributed by atoms with Gasteiger partial charge < -0.3 is 19.6 Å². The smallest absolute Gasteiger partial charge is 0.317 e. The van der Waals surface area contributed by atoms with Gasteiger partial charge in [0.05, 0.1) is 12.2 Å². The van der Waals surface area contributed by atoms with Gasteiger partial charge in [0.2, 0.25) is 0 Å². The summed E-state index contributed by atoms with van der Waals surface area (Å²) in [7, 11) is 1.74. The highest BCUT2D eigenvalue weighted by Gasteiger charge is 2.10. The summed E-state index contributed by atoms with van der Waals surface area (Å²) in [5, 5.41) is 2.90. The van der Waals surface area contributed by atoms with Crippen molar-refractivity contribution in [2.24, 2.45) is 0 Å². The highest BCUT2D eigenvalue weighted by molar-refractivity contribution is 5.73. The largest absolute Gasteiger partial charge is 0.347 e. The second-order valence-corrected chi connectivity index (χ2v) is 5.50. The molecule has 0 aliphatic carbocycles. The zero-order chi connectivity index (χ0) is 16.2. The molecule has 0 aliphatic rings. The third-order valence-corrected chi connectivity index (χ3v) is 3.69. The highest BCUT2D eigenvalue weighted by Crippen LogP contribution is 2.08. The molecule has 23 heavy (non-hydrogen) atoms. The number of rotatable bonds is 5. The van der Waals surface area contributed by atoms with Crippen molar-refractivity contribution in [3.63, 3.8) is 0 Å². The van der Waals surface area contributed by atoms with Crippen LogP contribution in [0.3, 0.4) is 0 Å². The van der Waals surface area contributed by atoms with E-state index in [-0.39, 0.29) is 6.03 Å². The Bertz CT molecular complexity index is 792. The summed E-state index contributed by atoms with van der Waals surface area (Å²) in [6.45, 7) is 3.04. The molecule has 0 saturated heterocycles. The fraction of sp³-hybridized carbons (Fsp3) is 0.312. The lowest BCUT2D eigenvalue weighted by molar-refractivity contribution is 0.206. The van der Waals surface area contributed by atoms with Crippen LogP contribution in [0.1, 0.15) is 17.2 Å². The van der Waals surface area contributed by atoms with Gasteiger partial charge in [0, 0.05) is 44.3 Å². The van der Waals surface area contributed by atoms with Gasteiger partial charge in [0.25, 0.3) is 0 Å². The number of H-pyrrole nitrogens is 1. The summed E-state index contributed by atoms with van der Waals surface area (Å²) < 4.78 is 2.06. The zero-order valence-electron chi connectivity index (χ0n) is 13.3. The van der Waals surface area contributed by atoms with Crippen LogP contribution in [0.5, 0.6) is 0 Å². The van der Waals surface area contributed by atoms with Crippen molar-refractivity contribution in [1.82, 2.24) is 29.6 Å². The topological polar surface area (TPSA) is 78.3 Å². The van der Waals surface area contributed by atoms with Crippen molar-refractivity contribution in [2.75, 3.05) is 13.6 Å². The molecule has 0 saturated carbocycles. The van der Waals surface area contributed by atoms with Crippen molar-refractivity contribution in [3.8, 4) is 0 Å². The molecule has 0 unspecified atom stereocenters. The lowest BCUT2D eigenvalue weighted by Gasteiger charge is -2.16. The average Bonchev–Trinajstić information content (AvgIpc) is 3.17. The van der Waals surface area contributed by atoms with Gasteiger partial charge in [-0.15, -0.1) is 0 Å². The lowest BCUT2D eigenvalue weighted by Crippen LogP contribution is -2.38. The first kappa shape index (κ1) is 15.1. The highest BCUT2D eigenvalue weighted by atomic mass is 16.2. The molecule has 0 aromatic carbocycles. The Morgan fingerprint density at radius 3 is 3.04 bits per heavy atom. The number of carbonyl (C=O) groups is 1. The third kappa shape index (κ3) is 3.50. The normalized spacial score (nSPS) is 10.9. The second-order valence-electron chi connectivity index (χ2n) is 5.50. The number of nitrogens with zero attached hydrogens (tertiary/aromatic N) is 4. The Labute approximate surface area is 134 Å². The molecule has 3 heterocycles. The van der Waals surface area contributed by atoms with Gasteiger partial charge in [-0.2, -0.15) is 0 Å². The first-order chi connectivity index (χ1) is 11.1. The van der Waals surface area contributed by atoms with Crippen molar-refractivity contribution < 1.29 is 4.79 Å². The number of pyridine rings is 1. The molecule has 120 valence electrons. The summed E-state index contributed by atoms with van der Waals surface area (Å²) in [6, 6.07) is 5.89. The second kappa shape index (κ2) is 6.51. The summed E-state index contributed by atoms with van der Waals surface area (Å²) >= 11 is 0. The van der Waals surface area contributed by atoms with Crippen LogP contribution in [0.25, 0.3) is 5.65 Å². The Morgan fingerprint density at radius 1 is 1.43 bits per heavy atom. The molecule has 0 radical (unpaired) electrons. The number of hydrogen-bond donors (Lipinski definition) is 2. The monoisotopic (exact) mass is 312 g/mol. The molecule has 0 aliphatic heterocycles. The van der Waals surface area contributed by atoms with E-state index in [1.807, 2.05) is 31.3 Å². The lowest BCUT2D eigenvalue weighted by atomic mass is 10.3. The van der Waals surface area contributed by atoms with E-state index in [4.69, 9.17) is 0 Å². The first-order valence-electron chi connectivity index (χ1n) is 7.54. The molecule has 2 amide bonds. The van der Waals surface area contributed by atoms with Crippen LogP contribution in [0, 0.1) is 6.92 Å². The van der Waals surface area contributed by atoms with Crippen LogP contribution < -0.4 is 5.32 Å². The summed E-state index contributed by atoms with van der Waals surface area (Å²) in [4.78, 5) is 25.3. The molecule has 3 rings (SSSR count). The average molecular weight is 312 g/mol. The summed E-state index contributed by atoms with van der Waals surface area (Å²) in [5.41, 5.74) is 3.04. The summed E-state index contributed by atoms with van der Waals surface area (Å²) in [5.74, 6) is 0.762. The fourth-order valence-corrected chi connectivity index (χ4v) is 2.43. The number of carbonyl (C=O) groups excluding carboxylic acids is 1. The summed E-state index contributed by atoms with van der Waals surface area (Å²) in [6.07, 6.45) is 6.13. The fourth-order valence-electron chi connectivity index (χ4n) is 2.43. The number of amides is 2. The van der Waals surface area contributed by atoms with Crippen LogP contribution in [-0.2, 0) is 13.0 Å². The number of urea groups is 1. The predicted octanol–water partition coefficient (Wildman–Crippen LogP) is 1.75. The maximum Gasteiger partial charge on any atom is 0.317 e. The molecular formula is C16H20N6O. The number of nitrogens with one attached hydrogen (secondary N) is 2. The molecular weight excluding hydrogens is 292 g/mol. The van der Waals surface area contributed by atoms with Crippen molar-refractivity contribution in [3.05, 3.63) is 54.0 Å². The van der Waals surface area contributed by atoms with E-state index in [9.17, 15) is 4.79 Å². The molecule has 0 spiro atoms. The molecule has 2 N–H and O–H groups in total. The van der Waals surface area contributed by atoms with Crippen molar-refractivity contribution in [1.29, 1.82) is 0 Å². The maximum atomic E-state index is 12.0. The van der Waals surface area contributed by atoms with E-state index in [1.165, 1.54) is 0 Å². The number of hydrogen-bond acceptors (Lipinski definition) is 3. The van der Waals surface area contributed by atoms with E-state index in [0.717, 1.165) is 22.9 Å². The van der Waals surface area contributed by atoms with Crippen LogP contribution in [-0.4, -0.2) is 43.9 Å². The van der Waals surface area contributed by atoms with Gasteiger partial charge in [-0.3, -0.25) is 0 Å². The van der Waals surface area contributed by atoms with E-state index in [0.29, 0.717) is 19.5 Å². The SMILES string of the molecule is Cc1cccc2nc(CCNC(=O)N(C)Cc3ncc[nH]3)cn12. The Kier molecular flexibility index (Phi) is 4.27. The van der Waals surface area contributed by atoms with E-state index in [1.54, 1.807) is 24.3 Å². The molecule has 0 bridgehead atoms. The van der Waals surface area contributed by atoms with Gasteiger partial charge in [-0.05, 0) is 19.1 Å². The number of aryl methyl sites for hydroxylation is 1. The molecule has 0 fully saturated rings. The van der Waals surface area contributed by atoms with E-state index >= 15 is 0 Å². The minimum absolute atomic E-state index is 0.124. The predicted molar refractivity (Wildman–Crippen MR) is 87.1 cm³/mol. The van der Waals surface area contributed by atoms with Crippen LogP contribution in [0.15, 0.2) is 36.8 Å². The minimum Gasteiger partial charge on any atom is -0.347 e. The van der Waals surface area contributed by atoms with Gasteiger partial charge in [0.1, 0.15) is 11.5 Å². The number of fused-ring (bicyclic) bond motifs is 1. The quantitative estimate of drug-likeness (QED) is 0.753. The minimum atomic E-state index is -0.124. The Morgan fingerprint density at radius 2 is 2.30 bits per heavy atom. The number of aromatic nitrogens is 4. The molecule has 0 atom stereocenters. The van der Waals surface area contributed by atoms with Crippen LogP contribution >= 0.6 is 0 Å². The molecule has 7 heteroatoms. The first-order valence-corrected chi connectivity index (χ1v) is 7.54. The van der Waals surface area contributed by atoms with Crippen LogP contribution in [0.4, 0.5) is 4.79 Å². The van der Waals surface area contributed by atoms with Crippen LogP contribution in [0.2, 0.25) is 0 Å². The zero-order valence-corrected chi connectivity index (χ0v) is 13.3.